The van der Waals surface area contributed by atoms with E-state index >= 15 is 0 Å². The maximum Gasteiger partial charge on any atom is 0.505 e. The Morgan fingerprint density at radius 3 is 0.969 bits per heavy atom. The maximum absolute atomic E-state index is 14.5. The average molecular weight is 1550 g/mol. The molecule has 0 aromatic carbocycles. The molecular weight excluding hydrogens is 1450 g/mol. The lowest BCUT2D eigenvalue weighted by molar-refractivity contribution is 0.00578. The van der Waals surface area contributed by atoms with Gasteiger partial charge in [0.25, 0.3) is 22.2 Å². The van der Waals surface area contributed by atoms with E-state index in [1.54, 1.807) is 68.0 Å². The molecule has 10 nitrogen and oxygen atoms in total. The number of aryl methyl sites for hydroxylation is 4. The zero-order chi connectivity index (χ0) is 68.9. The lowest BCUT2D eigenvalue weighted by Crippen LogP contribution is -2.41. The van der Waals surface area contributed by atoms with Crippen molar-refractivity contribution in [2.24, 2.45) is 0 Å². The van der Waals surface area contributed by atoms with Crippen LogP contribution in [0.2, 0.25) is 0 Å². The van der Waals surface area contributed by atoms with Crippen LogP contribution in [-0.4, -0.2) is 36.6 Å². The number of hydrogen-bond acceptors (Lipinski definition) is 12. The summed E-state index contributed by atoms with van der Waals surface area (Å²) in [5.41, 5.74) is 4.31. The van der Waals surface area contributed by atoms with Crippen LogP contribution in [0.25, 0.3) is 72.2 Å². The van der Waals surface area contributed by atoms with Gasteiger partial charge in [0.1, 0.15) is 0 Å². The Bertz CT molecular complexity index is 4070. The number of pyridine rings is 4. The predicted molar refractivity (Wildman–Crippen MR) is 430 cm³/mol. The van der Waals surface area contributed by atoms with E-state index in [4.69, 9.17) is 9.31 Å². The fraction of sp³-hybridized carbons (Fsp3) is 0.487. The molecule has 0 spiro atoms. The molecule has 1 aliphatic heterocycles. The van der Waals surface area contributed by atoms with Crippen LogP contribution >= 0.6 is 99.9 Å². The molecule has 0 bridgehead atoms. The second kappa shape index (κ2) is 37.9. The van der Waals surface area contributed by atoms with Crippen LogP contribution in [0.15, 0.2) is 141 Å². The van der Waals surface area contributed by atoms with Crippen LogP contribution in [-0.2, 0) is 35.5 Å². The van der Waals surface area contributed by atoms with Gasteiger partial charge in [0.2, 0.25) is 0 Å². The van der Waals surface area contributed by atoms with Crippen molar-refractivity contribution in [3.8, 4) is 50.1 Å². The predicted octanol–water partition coefficient (Wildman–Crippen LogP) is 24.0. The minimum Gasteiger partial charge on any atom is -0.399 e. The third-order valence-corrected chi connectivity index (χ3v) is 26.4. The Kier molecular flexibility index (Phi) is 30.0. The normalized spacial score (nSPS) is 13.4. The van der Waals surface area contributed by atoms with Crippen LogP contribution in [0.3, 0.4) is 0 Å². The van der Waals surface area contributed by atoms with E-state index in [0.717, 1.165) is 88.0 Å². The smallest absolute Gasteiger partial charge is 0.399 e. The summed E-state index contributed by atoms with van der Waals surface area (Å²) in [4.78, 5) is 63.9. The number of thiophene rings is 6. The molecule has 0 N–H and O–H groups in total. The van der Waals surface area contributed by atoms with Crippen molar-refractivity contribution in [2.75, 3.05) is 0 Å². The van der Waals surface area contributed by atoms with Crippen LogP contribution < -0.4 is 27.0 Å². The number of aromatic nitrogens is 4. The summed E-state index contributed by atoms with van der Waals surface area (Å²) in [5.74, 6) is 0. The monoisotopic (exact) mass is 1550 g/mol. The first-order chi connectivity index (χ1) is 47.0. The fourth-order valence-corrected chi connectivity index (χ4v) is 18.8. The lowest BCUT2D eigenvalue weighted by atomic mass is 9.88. The summed E-state index contributed by atoms with van der Waals surface area (Å²) >= 11 is 17.2. The minimum atomic E-state index is -0.273. The maximum atomic E-state index is 14.5. The molecule has 0 amide bonds. The molecule has 97 heavy (non-hydrogen) atoms. The number of unbranched alkanes of at least 4 members (excludes halogenated alkanes) is 20. The SMILES string of the molecule is CC1(C)OB(c2ccc(-c3cccs3)s2)OC1(C)C.CCCCCCCCn1c(=O)c(-c2ccc(-c3cccs3)s2)cc2c1cc(-c1ccc(-c3cccs3)s1)c(=O)n2CCCCCCCC.CCCCCCCCn1c(=O)c(Br)cc2c1cc(Br)c(=O)n2CCCCCCCC. The van der Waals surface area contributed by atoms with Gasteiger partial charge in [-0.15, -0.1) is 68.0 Å². The van der Waals surface area contributed by atoms with Gasteiger partial charge in [0.15, 0.2) is 0 Å². The van der Waals surface area contributed by atoms with Crippen LogP contribution in [0.1, 0.15) is 209 Å². The van der Waals surface area contributed by atoms with E-state index in [2.05, 4.69) is 176 Å². The molecule has 0 atom stereocenters. The Hall–Kier alpha value is -4.54. The molecule has 19 heteroatoms. The zero-order valence-corrected chi connectivity index (χ0v) is 66.4. The van der Waals surface area contributed by atoms with E-state index in [1.807, 2.05) is 42.5 Å². The second-order valence-corrected chi connectivity index (χ2v) is 34.4. The molecule has 1 aliphatic rings. The van der Waals surface area contributed by atoms with Gasteiger partial charge in [0.05, 0.1) is 53.3 Å². The highest BCUT2D eigenvalue weighted by Gasteiger charge is 2.52. The first-order valence-electron chi connectivity index (χ1n) is 35.7. The van der Waals surface area contributed by atoms with Crippen LogP contribution in [0.5, 0.6) is 0 Å². The van der Waals surface area contributed by atoms with E-state index < -0.39 is 0 Å². The second-order valence-electron chi connectivity index (χ2n) is 26.6. The average Bonchev–Trinajstić information content (AvgIpc) is 1.27. The molecule has 1 fully saturated rings. The molecule has 10 aromatic heterocycles. The Morgan fingerprint density at radius 2 is 0.639 bits per heavy atom. The summed E-state index contributed by atoms with van der Waals surface area (Å²) in [6, 6.07) is 33.0. The van der Waals surface area contributed by atoms with Crippen molar-refractivity contribution < 1.29 is 9.31 Å². The van der Waals surface area contributed by atoms with Gasteiger partial charge in [-0.25, -0.2) is 0 Å². The van der Waals surface area contributed by atoms with E-state index in [-0.39, 0.29) is 40.6 Å². The first-order valence-corrected chi connectivity index (χ1v) is 42.4. The van der Waals surface area contributed by atoms with Crippen molar-refractivity contribution in [1.29, 1.82) is 0 Å². The molecule has 520 valence electrons. The largest absolute Gasteiger partial charge is 0.505 e. The fourth-order valence-electron chi connectivity index (χ4n) is 12.4. The van der Waals surface area contributed by atoms with Gasteiger partial charge >= 0.3 is 7.12 Å². The molecule has 11 rings (SSSR count). The third kappa shape index (κ3) is 20.2. The molecular formula is C78H99BBr2N4O6S6. The molecule has 0 aliphatic carbocycles. The summed E-state index contributed by atoms with van der Waals surface area (Å²) in [7, 11) is -0.247. The van der Waals surface area contributed by atoms with Gasteiger partial charge in [-0.1, -0.05) is 180 Å². The number of nitrogens with zero attached hydrogens (tertiary/aromatic N) is 4. The summed E-state index contributed by atoms with van der Waals surface area (Å²) in [5, 5.41) is 6.28. The third-order valence-electron chi connectivity index (χ3n) is 18.7. The number of hydrogen-bond donors (Lipinski definition) is 0. The molecule has 10 aromatic rings. The Morgan fingerprint density at radius 1 is 0.351 bits per heavy atom. The van der Waals surface area contributed by atoms with Gasteiger partial charge < -0.3 is 27.6 Å². The van der Waals surface area contributed by atoms with Crippen LogP contribution in [0.4, 0.5) is 0 Å². The molecule has 0 saturated carbocycles. The Labute approximate surface area is 616 Å². The van der Waals surface area contributed by atoms with Crippen LogP contribution in [0, 0.1) is 0 Å². The molecule has 11 heterocycles. The van der Waals surface area contributed by atoms with Gasteiger partial charge in [-0.3, -0.25) is 19.2 Å². The Balaban J connectivity index is 0.000000190. The van der Waals surface area contributed by atoms with Crippen molar-refractivity contribution >= 4 is 134 Å². The van der Waals surface area contributed by atoms with Crippen molar-refractivity contribution in [2.45, 2.75) is 247 Å². The number of halogens is 2. The summed E-state index contributed by atoms with van der Waals surface area (Å²) in [6.45, 7) is 19.9. The van der Waals surface area contributed by atoms with Crippen molar-refractivity contribution in [1.82, 2.24) is 18.3 Å². The van der Waals surface area contributed by atoms with E-state index in [9.17, 15) is 19.2 Å². The first kappa shape index (κ1) is 76.6. The lowest BCUT2D eigenvalue weighted by Gasteiger charge is -2.32. The van der Waals surface area contributed by atoms with E-state index in [1.165, 1.54) is 132 Å². The molecule has 1 saturated heterocycles. The van der Waals surface area contributed by atoms with Gasteiger partial charge in [-0.2, -0.15) is 0 Å². The van der Waals surface area contributed by atoms with Gasteiger partial charge in [0, 0.05) is 70.0 Å². The zero-order valence-electron chi connectivity index (χ0n) is 58.3. The minimum absolute atomic E-state index is 0.0206. The summed E-state index contributed by atoms with van der Waals surface area (Å²) in [6.07, 6.45) is 28.0. The van der Waals surface area contributed by atoms with Gasteiger partial charge in [-0.05, 0) is 174 Å². The van der Waals surface area contributed by atoms with Crippen molar-refractivity contribution in [3.63, 3.8) is 0 Å². The quantitative estimate of drug-likeness (QED) is 0.0294. The highest BCUT2D eigenvalue weighted by molar-refractivity contribution is 9.10. The van der Waals surface area contributed by atoms with Crippen molar-refractivity contribution in [3.05, 3.63) is 164 Å². The highest BCUT2D eigenvalue weighted by Crippen LogP contribution is 2.41. The van der Waals surface area contributed by atoms with E-state index in [0.29, 0.717) is 46.3 Å². The molecule has 0 radical (unpaired) electrons. The highest BCUT2D eigenvalue weighted by atomic mass is 79.9. The topological polar surface area (TPSA) is 106 Å². The number of rotatable bonds is 34. The molecule has 0 unspecified atom stereocenters. The summed E-state index contributed by atoms with van der Waals surface area (Å²) < 4.78 is 22.0. The number of fused-ring (bicyclic) bond motifs is 2. The standard InChI is InChI=1S/C40H46N2O2S4.C24H36Br2N2O2.C14H17BO2S2/c1-3-5-7-9-11-13-23-41-31-27-30(34-20-22-38(48-34)36-18-16-26-46-36)40(44)42(24-14-12-10-8-6-4-2)32(31)28-29(39(41)43)33-19-21-37(47-33)35-17-15-25-45-35;1-3-5-7-9-11-13-15-27-21-17-20(26)24(30)28(16-14-12-10-8-6-4-2)22(21)18-19(25)23(27)29;1-13(2)14(3,4)17-15(16-13)12-8-7-11(19-12)10-6-5-9-18-10/h15-22,25-28H,3-14,23-24H2,1-2H3;17-18H,3-16H2,1-2H3;5-9H,1-4H3.